The lowest BCUT2D eigenvalue weighted by molar-refractivity contribution is 0.0769. The summed E-state index contributed by atoms with van der Waals surface area (Å²) in [6.45, 7) is 1.36. The van der Waals surface area contributed by atoms with Crippen molar-refractivity contribution in [3.63, 3.8) is 0 Å². The Balaban J connectivity index is 2.67. The normalized spacial score (nSPS) is 29.4. The summed E-state index contributed by atoms with van der Waals surface area (Å²) in [4.78, 5) is 0. The van der Waals surface area contributed by atoms with Crippen molar-refractivity contribution < 1.29 is 17.9 Å². The molecule has 1 aliphatic rings. The summed E-state index contributed by atoms with van der Waals surface area (Å²) in [5, 5.41) is 0. The molecule has 0 saturated carbocycles. The van der Waals surface area contributed by atoms with E-state index in [1.54, 1.807) is 7.11 Å². The molecule has 0 N–H and O–H groups in total. The molecule has 0 bridgehead atoms. The van der Waals surface area contributed by atoms with E-state index >= 15 is 0 Å². The first-order valence-corrected chi connectivity index (χ1v) is 6.44. The van der Waals surface area contributed by atoms with Crippen LogP contribution in [0, 0.1) is 5.41 Å². The van der Waals surface area contributed by atoms with Gasteiger partial charge in [-0.25, -0.2) is 8.42 Å². The molecule has 1 saturated heterocycles. The maximum atomic E-state index is 10.9. The van der Waals surface area contributed by atoms with Crippen molar-refractivity contribution in [2.75, 3.05) is 32.7 Å². The molecule has 1 unspecified atom stereocenters. The first-order valence-electron chi connectivity index (χ1n) is 3.96. The largest absolute Gasteiger partial charge is 0.384 e. The Morgan fingerprint density at radius 3 is 2.69 bits per heavy atom. The van der Waals surface area contributed by atoms with Gasteiger partial charge in [0.05, 0.1) is 19.0 Å². The Morgan fingerprint density at radius 2 is 2.31 bits per heavy atom. The molecule has 13 heavy (non-hydrogen) atoms. The standard InChI is InChI=1S/C7H13ClO4S/c1-11-4-7(2-3-12-5-7)6-13(8,9)10/h2-6H2,1H3. The molecule has 1 rings (SSSR count). The van der Waals surface area contributed by atoms with Crippen LogP contribution < -0.4 is 0 Å². The van der Waals surface area contributed by atoms with Crippen LogP contribution in [0.15, 0.2) is 0 Å². The lowest BCUT2D eigenvalue weighted by Crippen LogP contribution is -2.33. The van der Waals surface area contributed by atoms with Crippen molar-refractivity contribution in [1.29, 1.82) is 0 Å². The smallest absolute Gasteiger partial charge is 0.233 e. The van der Waals surface area contributed by atoms with E-state index in [1.807, 2.05) is 0 Å². The van der Waals surface area contributed by atoms with Crippen LogP contribution in [-0.2, 0) is 18.5 Å². The van der Waals surface area contributed by atoms with E-state index < -0.39 is 14.5 Å². The predicted molar refractivity (Wildman–Crippen MR) is 49.4 cm³/mol. The number of hydrogen-bond acceptors (Lipinski definition) is 4. The summed E-state index contributed by atoms with van der Waals surface area (Å²) in [6.07, 6.45) is 0.687. The van der Waals surface area contributed by atoms with Gasteiger partial charge in [-0.1, -0.05) is 0 Å². The number of hydrogen-bond donors (Lipinski definition) is 0. The molecule has 1 fully saturated rings. The van der Waals surface area contributed by atoms with Crippen LogP contribution >= 0.6 is 10.7 Å². The van der Waals surface area contributed by atoms with Gasteiger partial charge in [-0.2, -0.15) is 0 Å². The van der Waals surface area contributed by atoms with Crippen molar-refractivity contribution in [3.05, 3.63) is 0 Å². The third-order valence-electron chi connectivity index (χ3n) is 2.11. The van der Waals surface area contributed by atoms with Gasteiger partial charge in [0, 0.05) is 29.8 Å². The zero-order valence-corrected chi connectivity index (χ0v) is 9.03. The molecule has 0 aromatic rings. The van der Waals surface area contributed by atoms with E-state index in [0.29, 0.717) is 26.2 Å². The molecule has 1 aliphatic heterocycles. The minimum atomic E-state index is -3.48. The van der Waals surface area contributed by atoms with E-state index in [-0.39, 0.29) is 5.75 Å². The van der Waals surface area contributed by atoms with Crippen LogP contribution in [0.2, 0.25) is 0 Å². The summed E-state index contributed by atoms with van der Waals surface area (Å²) in [6, 6.07) is 0. The third kappa shape index (κ3) is 3.42. The van der Waals surface area contributed by atoms with Gasteiger partial charge in [0.2, 0.25) is 9.05 Å². The average molecular weight is 229 g/mol. The van der Waals surface area contributed by atoms with E-state index in [1.165, 1.54) is 0 Å². The molecule has 0 aliphatic carbocycles. The summed E-state index contributed by atoms with van der Waals surface area (Å²) >= 11 is 0. The van der Waals surface area contributed by atoms with Gasteiger partial charge in [0.25, 0.3) is 0 Å². The molecule has 1 heterocycles. The van der Waals surface area contributed by atoms with Crippen molar-refractivity contribution in [2.24, 2.45) is 5.41 Å². The lowest BCUT2D eigenvalue weighted by Gasteiger charge is -2.24. The second-order valence-electron chi connectivity index (χ2n) is 3.42. The molecule has 0 spiro atoms. The number of halogens is 1. The minimum Gasteiger partial charge on any atom is -0.384 e. The van der Waals surface area contributed by atoms with Crippen LogP contribution in [0.1, 0.15) is 6.42 Å². The van der Waals surface area contributed by atoms with Crippen molar-refractivity contribution in [2.45, 2.75) is 6.42 Å². The summed E-state index contributed by atoms with van der Waals surface area (Å²) in [5.41, 5.74) is -0.435. The monoisotopic (exact) mass is 228 g/mol. The van der Waals surface area contributed by atoms with Gasteiger partial charge >= 0.3 is 0 Å². The predicted octanol–water partition coefficient (Wildman–Crippen LogP) is 0.608. The van der Waals surface area contributed by atoms with E-state index in [9.17, 15) is 8.42 Å². The molecule has 1 atom stereocenters. The van der Waals surface area contributed by atoms with Gasteiger partial charge in [0.15, 0.2) is 0 Å². The van der Waals surface area contributed by atoms with Gasteiger partial charge < -0.3 is 9.47 Å². The van der Waals surface area contributed by atoms with Crippen LogP contribution in [0.25, 0.3) is 0 Å². The zero-order valence-electron chi connectivity index (χ0n) is 7.45. The van der Waals surface area contributed by atoms with E-state index in [4.69, 9.17) is 20.2 Å². The quantitative estimate of drug-likeness (QED) is 0.662. The SMILES string of the molecule is COCC1(CS(=O)(=O)Cl)CCOC1. The molecule has 78 valence electrons. The van der Waals surface area contributed by atoms with E-state index in [2.05, 4.69) is 0 Å². The molecule has 0 aromatic heterocycles. The Kier molecular flexibility index (Phi) is 3.57. The maximum Gasteiger partial charge on any atom is 0.233 e. The molecular weight excluding hydrogens is 216 g/mol. The van der Waals surface area contributed by atoms with Crippen LogP contribution in [0.5, 0.6) is 0 Å². The highest BCUT2D eigenvalue weighted by Crippen LogP contribution is 2.31. The van der Waals surface area contributed by atoms with Crippen molar-refractivity contribution >= 4 is 19.7 Å². The molecule has 6 heteroatoms. The Hall–Kier alpha value is 0.160. The topological polar surface area (TPSA) is 52.6 Å². The Bertz CT molecular complexity index is 256. The van der Waals surface area contributed by atoms with Gasteiger partial charge in [-0.3, -0.25) is 0 Å². The number of ether oxygens (including phenoxy) is 2. The van der Waals surface area contributed by atoms with Gasteiger partial charge in [-0.05, 0) is 6.42 Å². The fourth-order valence-electron chi connectivity index (χ4n) is 1.59. The zero-order chi connectivity index (χ0) is 9.95. The number of methoxy groups -OCH3 is 1. The Labute approximate surface area is 82.6 Å². The summed E-state index contributed by atoms with van der Waals surface area (Å²) in [7, 11) is 3.27. The van der Waals surface area contributed by atoms with Crippen LogP contribution in [0.3, 0.4) is 0 Å². The molecule has 4 nitrogen and oxygen atoms in total. The molecular formula is C7H13ClO4S. The molecule has 0 amide bonds. The highest BCUT2D eigenvalue weighted by Gasteiger charge is 2.38. The van der Waals surface area contributed by atoms with Crippen LogP contribution in [-0.4, -0.2) is 41.1 Å². The highest BCUT2D eigenvalue weighted by molar-refractivity contribution is 8.13. The minimum absolute atomic E-state index is 0.0740. The maximum absolute atomic E-state index is 10.9. The lowest BCUT2D eigenvalue weighted by atomic mass is 9.91. The third-order valence-corrected chi connectivity index (χ3v) is 3.40. The van der Waals surface area contributed by atoms with Crippen LogP contribution in [0.4, 0.5) is 0 Å². The Morgan fingerprint density at radius 1 is 1.62 bits per heavy atom. The fraction of sp³-hybridized carbons (Fsp3) is 1.00. The molecule has 0 radical (unpaired) electrons. The second-order valence-corrected chi connectivity index (χ2v) is 6.20. The van der Waals surface area contributed by atoms with Crippen molar-refractivity contribution in [3.8, 4) is 0 Å². The average Bonchev–Trinajstić information content (AvgIpc) is 2.33. The first-order chi connectivity index (χ1) is 5.97. The van der Waals surface area contributed by atoms with E-state index in [0.717, 1.165) is 0 Å². The number of rotatable bonds is 4. The first kappa shape index (κ1) is 11.2. The highest BCUT2D eigenvalue weighted by atomic mass is 35.7. The fourth-order valence-corrected chi connectivity index (χ4v) is 3.33. The summed E-state index contributed by atoms with van der Waals surface area (Å²) < 4.78 is 32.0. The van der Waals surface area contributed by atoms with Crippen molar-refractivity contribution in [1.82, 2.24) is 0 Å². The van der Waals surface area contributed by atoms with Gasteiger partial charge in [-0.15, -0.1) is 0 Å². The second kappa shape index (κ2) is 4.13. The summed E-state index contributed by atoms with van der Waals surface area (Å²) in [5.74, 6) is -0.0740. The molecule has 0 aromatic carbocycles. The van der Waals surface area contributed by atoms with Gasteiger partial charge in [0.1, 0.15) is 0 Å².